The van der Waals surface area contributed by atoms with Crippen LogP contribution in [0.5, 0.6) is 5.75 Å². The van der Waals surface area contributed by atoms with Crippen molar-refractivity contribution in [3.05, 3.63) is 29.8 Å². The van der Waals surface area contributed by atoms with Gasteiger partial charge in [-0.05, 0) is 30.5 Å². The molecule has 8 nitrogen and oxygen atoms in total. The van der Waals surface area contributed by atoms with E-state index in [-0.39, 0.29) is 41.8 Å². The second-order valence-electron chi connectivity index (χ2n) is 8.13. The molecule has 2 unspecified atom stereocenters. The van der Waals surface area contributed by atoms with Gasteiger partial charge in [0.1, 0.15) is 12.4 Å². The van der Waals surface area contributed by atoms with Gasteiger partial charge in [-0.25, -0.2) is 4.99 Å². The number of likely N-dealkylation sites (tertiary alicyclic amines) is 1. The summed E-state index contributed by atoms with van der Waals surface area (Å²) in [5, 5.41) is 3.35. The second kappa shape index (κ2) is 13.8. The van der Waals surface area contributed by atoms with Gasteiger partial charge in [-0.3, -0.25) is 9.69 Å². The van der Waals surface area contributed by atoms with Gasteiger partial charge in [-0.15, -0.1) is 24.0 Å². The minimum absolute atomic E-state index is 0. The summed E-state index contributed by atoms with van der Waals surface area (Å²) >= 11 is 0. The number of methoxy groups -OCH3 is 1. The minimum Gasteiger partial charge on any atom is -0.492 e. The van der Waals surface area contributed by atoms with Crippen LogP contribution >= 0.6 is 24.0 Å². The molecule has 0 bridgehead atoms. The van der Waals surface area contributed by atoms with Crippen molar-refractivity contribution in [3.63, 3.8) is 0 Å². The summed E-state index contributed by atoms with van der Waals surface area (Å²) in [5.41, 5.74) is 1.09. The van der Waals surface area contributed by atoms with Crippen LogP contribution in [-0.4, -0.2) is 87.9 Å². The third-order valence-electron chi connectivity index (χ3n) is 5.84. The lowest BCUT2D eigenvalue weighted by molar-refractivity contribution is -0.145. The van der Waals surface area contributed by atoms with Gasteiger partial charge in [-0.2, -0.15) is 0 Å². The Bertz CT molecular complexity index is 742. The topological polar surface area (TPSA) is 75.6 Å². The van der Waals surface area contributed by atoms with Crippen LogP contribution < -0.4 is 10.1 Å². The van der Waals surface area contributed by atoms with E-state index in [0.717, 1.165) is 63.2 Å². The summed E-state index contributed by atoms with van der Waals surface area (Å²) < 4.78 is 16.3. The van der Waals surface area contributed by atoms with Crippen LogP contribution in [0.3, 0.4) is 0 Å². The zero-order chi connectivity index (χ0) is 22.1. The van der Waals surface area contributed by atoms with Crippen molar-refractivity contribution in [2.45, 2.75) is 20.4 Å². The summed E-state index contributed by atoms with van der Waals surface area (Å²) in [6, 6.07) is 8.11. The number of guanidine groups is 1. The molecule has 0 aromatic heterocycles. The predicted octanol–water partition coefficient (Wildman–Crippen LogP) is 2.22. The Labute approximate surface area is 208 Å². The maximum absolute atomic E-state index is 12.0. The van der Waals surface area contributed by atoms with Crippen molar-refractivity contribution in [3.8, 4) is 5.75 Å². The molecule has 0 radical (unpaired) electrons. The molecule has 1 aromatic rings. The van der Waals surface area contributed by atoms with Crippen LogP contribution in [-0.2, 0) is 20.8 Å². The summed E-state index contributed by atoms with van der Waals surface area (Å²) in [6.07, 6.45) is 0. The molecular weight excluding hydrogens is 523 g/mol. The van der Waals surface area contributed by atoms with Gasteiger partial charge in [0.05, 0.1) is 32.8 Å². The van der Waals surface area contributed by atoms with Crippen molar-refractivity contribution in [1.29, 1.82) is 0 Å². The Morgan fingerprint density at radius 2 is 2.06 bits per heavy atom. The van der Waals surface area contributed by atoms with E-state index < -0.39 is 0 Å². The lowest BCUT2D eigenvalue weighted by atomic mass is 9.99. The number of rotatable bonds is 8. The molecule has 1 aromatic carbocycles. The van der Waals surface area contributed by atoms with Gasteiger partial charge >= 0.3 is 5.97 Å². The Kier molecular flexibility index (Phi) is 11.5. The molecule has 2 heterocycles. The lowest BCUT2D eigenvalue weighted by Crippen LogP contribution is -2.40. The Balaban J connectivity index is 0.00000363. The molecule has 2 aliphatic heterocycles. The Hall–Kier alpha value is -1.59. The molecular formula is C23H37IN4O4. The van der Waals surface area contributed by atoms with Crippen LogP contribution in [0.25, 0.3) is 0 Å². The van der Waals surface area contributed by atoms with E-state index in [2.05, 4.69) is 41.1 Å². The predicted molar refractivity (Wildman–Crippen MR) is 136 cm³/mol. The first kappa shape index (κ1) is 26.7. The average molecular weight is 560 g/mol. The Morgan fingerprint density at radius 3 is 2.78 bits per heavy atom. The van der Waals surface area contributed by atoms with E-state index in [1.165, 1.54) is 7.11 Å². The fraction of sp³-hybridized carbons (Fsp3) is 0.652. The third-order valence-corrected chi connectivity index (χ3v) is 5.84. The number of carbonyl (C=O) groups excluding carboxylic acids is 1. The summed E-state index contributed by atoms with van der Waals surface area (Å²) in [5.74, 6) is 1.68. The van der Waals surface area contributed by atoms with Gasteiger partial charge in [0.25, 0.3) is 0 Å². The zero-order valence-electron chi connectivity index (χ0n) is 19.4. The largest absolute Gasteiger partial charge is 0.492 e. The molecule has 0 spiro atoms. The number of morpholine rings is 1. The molecule has 2 fully saturated rings. The number of ether oxygens (including phenoxy) is 3. The molecule has 32 heavy (non-hydrogen) atoms. The van der Waals surface area contributed by atoms with E-state index in [1.54, 1.807) is 0 Å². The first-order valence-electron chi connectivity index (χ1n) is 11.2. The van der Waals surface area contributed by atoms with E-state index in [1.807, 2.05) is 12.1 Å². The van der Waals surface area contributed by atoms with Gasteiger partial charge in [0.2, 0.25) is 0 Å². The molecule has 0 saturated carbocycles. The number of hydrogen-bond donors (Lipinski definition) is 1. The van der Waals surface area contributed by atoms with E-state index in [0.29, 0.717) is 19.7 Å². The van der Waals surface area contributed by atoms with Gasteiger partial charge < -0.3 is 24.4 Å². The molecule has 2 aliphatic rings. The molecule has 0 amide bonds. The van der Waals surface area contributed by atoms with E-state index in [9.17, 15) is 4.79 Å². The fourth-order valence-corrected chi connectivity index (χ4v) is 4.04. The molecule has 2 saturated heterocycles. The lowest BCUT2D eigenvalue weighted by Gasteiger charge is -2.26. The van der Waals surface area contributed by atoms with Crippen LogP contribution in [0.15, 0.2) is 29.3 Å². The van der Waals surface area contributed by atoms with Crippen molar-refractivity contribution in [2.75, 3.05) is 66.2 Å². The first-order chi connectivity index (χ1) is 15.1. The van der Waals surface area contributed by atoms with E-state index >= 15 is 0 Å². The minimum atomic E-state index is -0.146. The molecule has 1 N–H and O–H groups in total. The monoisotopic (exact) mass is 560 g/mol. The molecule has 2 atom stereocenters. The first-order valence-corrected chi connectivity index (χ1v) is 11.2. The number of esters is 1. The van der Waals surface area contributed by atoms with Gasteiger partial charge in [0.15, 0.2) is 5.96 Å². The highest BCUT2D eigenvalue weighted by atomic mass is 127. The van der Waals surface area contributed by atoms with E-state index in [4.69, 9.17) is 19.2 Å². The maximum Gasteiger partial charge on any atom is 0.310 e. The highest BCUT2D eigenvalue weighted by Crippen LogP contribution is 2.24. The maximum atomic E-state index is 12.0. The van der Waals surface area contributed by atoms with Crippen molar-refractivity contribution in [2.24, 2.45) is 16.8 Å². The SMILES string of the molecule is CCNC(=NCc1cccc(OCCN2CCOCC2)c1)N1CC(C)C(C(=O)OC)C1.I. The van der Waals surface area contributed by atoms with Crippen molar-refractivity contribution < 1.29 is 19.0 Å². The third kappa shape index (κ3) is 7.77. The molecule has 3 rings (SSSR count). The number of aliphatic imine (C=N–C) groups is 1. The summed E-state index contributed by atoms with van der Waals surface area (Å²) in [7, 11) is 1.45. The number of nitrogens with zero attached hydrogens (tertiary/aromatic N) is 3. The number of hydrogen-bond acceptors (Lipinski definition) is 6. The molecule has 9 heteroatoms. The van der Waals surface area contributed by atoms with Crippen molar-refractivity contribution >= 4 is 35.9 Å². The molecule has 0 aliphatic carbocycles. The number of nitrogens with one attached hydrogen (secondary N) is 1. The second-order valence-corrected chi connectivity index (χ2v) is 8.13. The normalized spacial score (nSPS) is 21.7. The smallest absolute Gasteiger partial charge is 0.310 e. The van der Waals surface area contributed by atoms with Crippen LogP contribution in [0.2, 0.25) is 0 Å². The zero-order valence-corrected chi connectivity index (χ0v) is 21.7. The molecule has 180 valence electrons. The van der Waals surface area contributed by atoms with Gasteiger partial charge in [0, 0.05) is 39.3 Å². The average Bonchev–Trinajstić information content (AvgIpc) is 3.18. The highest BCUT2D eigenvalue weighted by Gasteiger charge is 2.36. The van der Waals surface area contributed by atoms with Crippen molar-refractivity contribution in [1.82, 2.24) is 15.1 Å². The standard InChI is InChI=1S/C23H36N4O4.HI/c1-4-24-23(27-16-18(2)21(17-27)22(28)29-3)25-15-19-6-5-7-20(14-19)31-13-10-26-8-11-30-12-9-26;/h5-7,14,18,21H,4,8-13,15-17H2,1-3H3,(H,24,25);1H. The number of carbonyl (C=O) groups is 1. The Morgan fingerprint density at radius 1 is 1.28 bits per heavy atom. The number of benzene rings is 1. The summed E-state index contributed by atoms with van der Waals surface area (Å²) in [6.45, 7) is 12.0. The number of halogens is 1. The van der Waals surface area contributed by atoms with Crippen LogP contribution in [0.1, 0.15) is 19.4 Å². The van der Waals surface area contributed by atoms with Crippen LogP contribution in [0, 0.1) is 11.8 Å². The van der Waals surface area contributed by atoms with Crippen LogP contribution in [0.4, 0.5) is 0 Å². The van der Waals surface area contributed by atoms with Gasteiger partial charge in [-0.1, -0.05) is 19.1 Å². The highest BCUT2D eigenvalue weighted by molar-refractivity contribution is 14.0. The quantitative estimate of drug-likeness (QED) is 0.226. The summed E-state index contributed by atoms with van der Waals surface area (Å²) in [4.78, 5) is 21.4. The fourth-order valence-electron chi connectivity index (χ4n) is 4.04.